The van der Waals surface area contributed by atoms with Gasteiger partial charge in [-0.2, -0.15) is 5.92 Å². The predicted octanol–water partition coefficient (Wildman–Crippen LogP) is 2.47. The topological polar surface area (TPSA) is 29.5 Å². The molecule has 0 saturated carbocycles. The average Bonchev–Trinajstić information content (AvgIpc) is 2.02. The second kappa shape index (κ2) is 5.84. The van der Waals surface area contributed by atoms with Crippen LogP contribution in [-0.4, -0.2) is 29.7 Å². The molecule has 0 spiro atoms. The van der Waals surface area contributed by atoms with Crippen molar-refractivity contribution in [2.24, 2.45) is 5.92 Å². The zero-order valence-corrected chi connectivity index (χ0v) is 13.1. The van der Waals surface area contributed by atoms with E-state index in [1.807, 2.05) is 20.8 Å². The van der Waals surface area contributed by atoms with Crippen molar-refractivity contribution >= 4 is 6.09 Å². The van der Waals surface area contributed by atoms with Gasteiger partial charge in [0.15, 0.2) is 0 Å². The molecule has 1 amide bonds. The van der Waals surface area contributed by atoms with Crippen LogP contribution in [0, 0.1) is 12.8 Å². The first kappa shape index (κ1) is 14.9. The first-order chi connectivity index (χ1) is 6.38. The van der Waals surface area contributed by atoms with Crippen LogP contribution >= 0.6 is 0 Å². The zero-order chi connectivity index (χ0) is 10.8. The van der Waals surface area contributed by atoms with Crippen LogP contribution in [0.3, 0.4) is 0 Å². The first-order valence-electron chi connectivity index (χ1n) is 5.19. The van der Waals surface area contributed by atoms with Gasteiger partial charge in [-0.3, -0.25) is 0 Å². The van der Waals surface area contributed by atoms with Gasteiger partial charge in [0.25, 0.3) is 0 Å². The number of piperidine rings is 1. The Hall–Kier alpha value is -0.107. The van der Waals surface area contributed by atoms with Crippen molar-refractivity contribution in [2.45, 2.75) is 39.2 Å². The molecule has 0 aromatic heterocycles. The van der Waals surface area contributed by atoms with Gasteiger partial charge in [-0.25, -0.2) is 4.79 Å². The number of hydrogen-bond acceptors (Lipinski definition) is 2. The number of nitrogens with zero attached hydrogens (tertiary/aromatic N) is 1. The van der Waals surface area contributed by atoms with Gasteiger partial charge >= 0.3 is 6.09 Å². The van der Waals surface area contributed by atoms with E-state index in [2.05, 4.69) is 6.92 Å². The fourth-order valence-electron chi connectivity index (χ4n) is 1.44. The number of amides is 1. The van der Waals surface area contributed by atoms with Crippen LogP contribution in [0.2, 0.25) is 0 Å². The van der Waals surface area contributed by atoms with Crippen molar-refractivity contribution in [2.75, 3.05) is 13.1 Å². The minimum atomic E-state index is -0.390. The van der Waals surface area contributed by atoms with Crippen LogP contribution < -0.4 is 0 Å². The summed E-state index contributed by atoms with van der Waals surface area (Å²) >= 11 is 0. The molecule has 0 aliphatic carbocycles. The Labute approximate surface area is 105 Å². The Kier molecular flexibility index (Phi) is 5.79. The van der Waals surface area contributed by atoms with Crippen molar-refractivity contribution in [1.82, 2.24) is 4.90 Å². The Bertz CT molecular complexity index is 205. The summed E-state index contributed by atoms with van der Waals surface area (Å²) < 4.78 is 5.28. The van der Waals surface area contributed by atoms with Crippen LogP contribution in [0.4, 0.5) is 4.79 Å². The summed E-state index contributed by atoms with van der Waals surface area (Å²) in [7, 11) is 0. The number of likely N-dealkylation sites (tertiary alicyclic amines) is 1. The van der Waals surface area contributed by atoms with Gasteiger partial charge in [0.2, 0.25) is 0 Å². The molecular weight excluding hydrogens is 244 g/mol. The third-order valence-electron chi connectivity index (χ3n) is 2.27. The number of carbonyl (C=O) groups excluding carboxylic acids is 1. The normalized spacial score (nSPS) is 18.3. The Morgan fingerprint density at radius 3 is 2.20 bits per heavy atom. The van der Waals surface area contributed by atoms with Gasteiger partial charge < -0.3 is 16.6 Å². The molecular formula is C11H20NO2Zn-. The Balaban J connectivity index is 0.00000196. The minimum Gasteiger partial charge on any atom is -0.444 e. The molecule has 0 bridgehead atoms. The molecule has 1 aliphatic heterocycles. The molecule has 15 heavy (non-hydrogen) atoms. The van der Waals surface area contributed by atoms with Gasteiger partial charge in [0.1, 0.15) is 5.60 Å². The van der Waals surface area contributed by atoms with Crippen molar-refractivity contribution in [3.8, 4) is 0 Å². The van der Waals surface area contributed by atoms with Crippen LogP contribution in [0.5, 0.6) is 0 Å². The van der Waals surface area contributed by atoms with Crippen molar-refractivity contribution in [1.29, 1.82) is 0 Å². The quantitative estimate of drug-likeness (QED) is 0.496. The first-order valence-corrected chi connectivity index (χ1v) is 5.19. The average molecular weight is 264 g/mol. The fraction of sp³-hybridized carbons (Fsp3) is 0.818. The van der Waals surface area contributed by atoms with Crippen LogP contribution in [-0.2, 0) is 24.2 Å². The molecule has 1 fully saturated rings. The smallest absolute Gasteiger partial charge is 0.410 e. The molecule has 0 N–H and O–H groups in total. The summed E-state index contributed by atoms with van der Waals surface area (Å²) in [6.45, 7) is 11.2. The maximum Gasteiger partial charge on any atom is 0.410 e. The standard InChI is InChI=1S/C11H20NO2.Zn/c1-9-5-7-12(8-6-9)10(13)14-11(2,3)4;/h9H,1,5-8H2,2-4H3;/q-1;. The zero-order valence-electron chi connectivity index (χ0n) is 10.1. The molecule has 0 radical (unpaired) electrons. The van der Waals surface area contributed by atoms with E-state index in [1.54, 1.807) is 4.90 Å². The maximum absolute atomic E-state index is 11.6. The molecule has 1 saturated heterocycles. The van der Waals surface area contributed by atoms with Gasteiger partial charge in [-0.05, 0) is 20.8 Å². The van der Waals surface area contributed by atoms with Crippen LogP contribution in [0.1, 0.15) is 33.6 Å². The summed E-state index contributed by atoms with van der Waals surface area (Å²) in [5.74, 6) is 0.494. The summed E-state index contributed by atoms with van der Waals surface area (Å²) in [5, 5.41) is 0. The van der Waals surface area contributed by atoms with E-state index >= 15 is 0 Å². The summed E-state index contributed by atoms with van der Waals surface area (Å²) in [6, 6.07) is 0. The van der Waals surface area contributed by atoms with E-state index in [0.717, 1.165) is 25.9 Å². The van der Waals surface area contributed by atoms with Gasteiger partial charge in [0, 0.05) is 32.6 Å². The molecule has 1 aliphatic rings. The van der Waals surface area contributed by atoms with Crippen molar-refractivity contribution < 1.29 is 29.0 Å². The minimum absolute atomic E-state index is 0. The monoisotopic (exact) mass is 262 g/mol. The molecule has 1 heterocycles. The molecule has 0 atom stereocenters. The van der Waals surface area contributed by atoms with Gasteiger partial charge in [0.05, 0.1) is 0 Å². The number of rotatable bonds is 0. The molecule has 1 rings (SSSR count). The third-order valence-corrected chi connectivity index (χ3v) is 2.27. The fourth-order valence-corrected chi connectivity index (χ4v) is 1.44. The van der Waals surface area contributed by atoms with E-state index in [-0.39, 0.29) is 25.6 Å². The Morgan fingerprint density at radius 2 is 1.80 bits per heavy atom. The molecule has 4 heteroatoms. The Morgan fingerprint density at radius 1 is 1.33 bits per heavy atom. The number of ether oxygens (including phenoxy) is 1. The molecule has 0 aromatic carbocycles. The van der Waals surface area contributed by atoms with Gasteiger partial charge in [-0.15, -0.1) is 0 Å². The van der Waals surface area contributed by atoms with E-state index in [9.17, 15) is 4.79 Å². The molecule has 0 unspecified atom stereocenters. The van der Waals surface area contributed by atoms with Crippen molar-refractivity contribution in [3.63, 3.8) is 0 Å². The molecule has 3 nitrogen and oxygen atoms in total. The number of carbonyl (C=O) groups is 1. The van der Waals surface area contributed by atoms with Crippen LogP contribution in [0.25, 0.3) is 0 Å². The SMILES string of the molecule is [CH2-]C1CCN(C(=O)OC(C)(C)C)CC1.[Zn]. The summed E-state index contributed by atoms with van der Waals surface area (Å²) in [6.07, 6.45) is 1.78. The molecule has 84 valence electrons. The maximum atomic E-state index is 11.6. The summed E-state index contributed by atoms with van der Waals surface area (Å²) in [4.78, 5) is 13.4. The van der Waals surface area contributed by atoms with Gasteiger partial charge in [-0.1, -0.05) is 12.8 Å². The largest absolute Gasteiger partial charge is 0.444 e. The van der Waals surface area contributed by atoms with E-state index in [4.69, 9.17) is 4.74 Å². The van der Waals surface area contributed by atoms with Crippen LogP contribution in [0.15, 0.2) is 0 Å². The van der Waals surface area contributed by atoms with E-state index in [0.29, 0.717) is 5.92 Å². The van der Waals surface area contributed by atoms with E-state index in [1.165, 1.54) is 0 Å². The second-order valence-electron chi connectivity index (χ2n) is 4.91. The number of hydrogen-bond donors (Lipinski definition) is 0. The third kappa shape index (κ3) is 5.51. The van der Waals surface area contributed by atoms with Crippen molar-refractivity contribution in [3.05, 3.63) is 6.92 Å². The second-order valence-corrected chi connectivity index (χ2v) is 4.91. The summed E-state index contributed by atoms with van der Waals surface area (Å²) in [5.41, 5.74) is -0.390. The van der Waals surface area contributed by atoms with E-state index < -0.39 is 5.60 Å². The molecule has 0 aromatic rings. The predicted molar refractivity (Wildman–Crippen MR) is 55.9 cm³/mol.